The molecule has 0 bridgehead atoms. The molecule has 0 aromatic heterocycles. The van der Waals surface area contributed by atoms with Crippen molar-refractivity contribution in [2.75, 3.05) is 41.8 Å². The van der Waals surface area contributed by atoms with E-state index in [0.717, 1.165) is 43.4 Å². The third-order valence-corrected chi connectivity index (χ3v) is 4.10. The third kappa shape index (κ3) is 4.89. The highest BCUT2D eigenvalue weighted by Gasteiger charge is 2.14. The van der Waals surface area contributed by atoms with Crippen molar-refractivity contribution in [3.05, 3.63) is 48.5 Å². The summed E-state index contributed by atoms with van der Waals surface area (Å²) in [5.41, 5.74) is 3.97. The highest BCUT2D eigenvalue weighted by atomic mass is 16.5. The van der Waals surface area contributed by atoms with Gasteiger partial charge in [0.25, 0.3) is 0 Å². The first-order chi connectivity index (χ1) is 12.6. The molecule has 6 nitrogen and oxygen atoms in total. The van der Waals surface area contributed by atoms with Gasteiger partial charge in [-0.3, -0.25) is 0 Å². The molecule has 26 heavy (non-hydrogen) atoms. The number of morpholine rings is 1. The summed E-state index contributed by atoms with van der Waals surface area (Å²) >= 11 is 0. The van der Waals surface area contributed by atoms with Crippen LogP contribution in [0.25, 0.3) is 0 Å². The minimum Gasteiger partial charge on any atom is -0.378 e. The van der Waals surface area contributed by atoms with Crippen molar-refractivity contribution in [3.8, 4) is 0 Å². The first-order valence-corrected chi connectivity index (χ1v) is 8.98. The number of carbonyl (C=O) groups excluding carboxylic acids is 1. The zero-order valence-corrected chi connectivity index (χ0v) is 15.3. The lowest BCUT2D eigenvalue weighted by atomic mass is 10.2. The average Bonchev–Trinajstić information content (AvgIpc) is 2.64. The van der Waals surface area contributed by atoms with Crippen LogP contribution in [0, 0.1) is 0 Å². The number of urea groups is 1. The number of amides is 2. The van der Waals surface area contributed by atoms with E-state index in [0.29, 0.717) is 0 Å². The molecule has 0 spiro atoms. The van der Waals surface area contributed by atoms with Crippen LogP contribution in [0.1, 0.15) is 13.8 Å². The standard InChI is InChI=1S/C20H26N4O2/c1-15(2)21-20(25)23-17-9-7-16(8-10-17)22-18-5-3-4-6-19(18)24-11-13-26-14-12-24/h3-10,15,22H,11-14H2,1-2H3,(H2,21,23,25). The van der Waals surface area contributed by atoms with Gasteiger partial charge in [0.15, 0.2) is 0 Å². The van der Waals surface area contributed by atoms with Crippen molar-refractivity contribution in [1.82, 2.24) is 5.32 Å². The molecule has 2 amide bonds. The second kappa shape index (κ2) is 8.58. The van der Waals surface area contributed by atoms with E-state index in [1.54, 1.807) is 0 Å². The molecule has 1 fully saturated rings. The number of benzene rings is 2. The Hall–Kier alpha value is -2.73. The highest BCUT2D eigenvalue weighted by Crippen LogP contribution is 2.29. The lowest BCUT2D eigenvalue weighted by Gasteiger charge is -2.30. The molecule has 1 saturated heterocycles. The third-order valence-electron chi connectivity index (χ3n) is 4.10. The van der Waals surface area contributed by atoms with Gasteiger partial charge >= 0.3 is 6.03 Å². The van der Waals surface area contributed by atoms with Gasteiger partial charge in [0.2, 0.25) is 0 Å². The molecular formula is C20H26N4O2. The van der Waals surface area contributed by atoms with Crippen LogP contribution in [0.2, 0.25) is 0 Å². The monoisotopic (exact) mass is 354 g/mol. The lowest BCUT2D eigenvalue weighted by Crippen LogP contribution is -2.36. The van der Waals surface area contributed by atoms with Gasteiger partial charge in [-0.15, -0.1) is 0 Å². The summed E-state index contributed by atoms with van der Waals surface area (Å²) in [5.74, 6) is 0. The summed E-state index contributed by atoms with van der Waals surface area (Å²) in [7, 11) is 0. The fraction of sp³-hybridized carbons (Fsp3) is 0.350. The maximum absolute atomic E-state index is 11.8. The van der Waals surface area contributed by atoms with Gasteiger partial charge in [-0.1, -0.05) is 12.1 Å². The molecule has 2 aromatic carbocycles. The van der Waals surface area contributed by atoms with Gasteiger partial charge in [0.1, 0.15) is 0 Å². The summed E-state index contributed by atoms with van der Waals surface area (Å²) in [6, 6.07) is 15.9. The summed E-state index contributed by atoms with van der Waals surface area (Å²) in [6.45, 7) is 7.16. The van der Waals surface area contributed by atoms with Crippen LogP contribution in [0.4, 0.5) is 27.5 Å². The Labute approximate surface area is 154 Å². The zero-order valence-electron chi connectivity index (χ0n) is 15.3. The number of carbonyl (C=O) groups is 1. The molecule has 0 atom stereocenters. The smallest absolute Gasteiger partial charge is 0.319 e. The maximum atomic E-state index is 11.8. The number of para-hydroxylation sites is 2. The van der Waals surface area contributed by atoms with Crippen LogP contribution in [0.5, 0.6) is 0 Å². The Morgan fingerprint density at radius 2 is 1.65 bits per heavy atom. The topological polar surface area (TPSA) is 65.6 Å². The van der Waals surface area contributed by atoms with E-state index in [9.17, 15) is 4.79 Å². The van der Waals surface area contributed by atoms with Crippen molar-refractivity contribution in [1.29, 1.82) is 0 Å². The fourth-order valence-corrected chi connectivity index (χ4v) is 2.88. The molecule has 1 aliphatic heterocycles. The molecule has 1 heterocycles. The number of ether oxygens (including phenoxy) is 1. The number of hydrogen-bond acceptors (Lipinski definition) is 4. The van der Waals surface area contributed by atoms with Gasteiger partial charge in [-0.05, 0) is 50.2 Å². The van der Waals surface area contributed by atoms with Crippen LogP contribution in [-0.2, 0) is 4.74 Å². The Balaban J connectivity index is 1.67. The molecule has 6 heteroatoms. The summed E-state index contributed by atoms with van der Waals surface area (Å²) in [4.78, 5) is 14.1. The largest absolute Gasteiger partial charge is 0.378 e. The Kier molecular flexibility index (Phi) is 5.96. The van der Waals surface area contributed by atoms with Crippen molar-refractivity contribution >= 4 is 28.8 Å². The number of nitrogens with one attached hydrogen (secondary N) is 3. The number of rotatable bonds is 5. The molecule has 2 aromatic rings. The van der Waals surface area contributed by atoms with Crippen molar-refractivity contribution in [3.63, 3.8) is 0 Å². The minimum atomic E-state index is -0.196. The second-order valence-corrected chi connectivity index (χ2v) is 6.57. The lowest BCUT2D eigenvalue weighted by molar-refractivity contribution is 0.123. The normalized spacial score (nSPS) is 14.2. The van der Waals surface area contributed by atoms with Crippen molar-refractivity contribution in [2.24, 2.45) is 0 Å². The molecule has 1 aliphatic rings. The van der Waals surface area contributed by atoms with E-state index < -0.39 is 0 Å². The molecule has 0 aliphatic carbocycles. The zero-order chi connectivity index (χ0) is 18.4. The van der Waals surface area contributed by atoms with Crippen LogP contribution in [-0.4, -0.2) is 38.4 Å². The molecule has 0 radical (unpaired) electrons. The molecule has 138 valence electrons. The first-order valence-electron chi connectivity index (χ1n) is 8.98. The summed E-state index contributed by atoms with van der Waals surface area (Å²) in [5, 5.41) is 9.11. The van der Waals surface area contributed by atoms with Gasteiger partial charge in [0, 0.05) is 30.5 Å². The molecule has 0 saturated carbocycles. The van der Waals surface area contributed by atoms with E-state index in [1.165, 1.54) is 5.69 Å². The Bertz CT molecular complexity index is 725. The van der Waals surface area contributed by atoms with E-state index in [1.807, 2.05) is 44.2 Å². The van der Waals surface area contributed by atoms with Crippen molar-refractivity contribution < 1.29 is 9.53 Å². The molecule has 3 N–H and O–H groups in total. The van der Waals surface area contributed by atoms with Crippen LogP contribution < -0.4 is 20.9 Å². The Morgan fingerprint density at radius 1 is 1.00 bits per heavy atom. The van der Waals surface area contributed by atoms with Crippen LogP contribution in [0.3, 0.4) is 0 Å². The second-order valence-electron chi connectivity index (χ2n) is 6.57. The van der Waals surface area contributed by atoms with Crippen LogP contribution >= 0.6 is 0 Å². The quantitative estimate of drug-likeness (QED) is 0.764. The summed E-state index contributed by atoms with van der Waals surface area (Å²) < 4.78 is 5.45. The molecule has 0 unspecified atom stereocenters. The van der Waals surface area contributed by atoms with E-state index in [4.69, 9.17) is 4.74 Å². The van der Waals surface area contributed by atoms with Gasteiger partial charge in [-0.25, -0.2) is 4.79 Å². The van der Waals surface area contributed by atoms with Gasteiger partial charge in [0.05, 0.1) is 24.6 Å². The molecular weight excluding hydrogens is 328 g/mol. The SMILES string of the molecule is CC(C)NC(=O)Nc1ccc(Nc2ccccc2N2CCOCC2)cc1. The molecule has 3 rings (SSSR count). The maximum Gasteiger partial charge on any atom is 0.319 e. The number of hydrogen-bond donors (Lipinski definition) is 3. The fourth-order valence-electron chi connectivity index (χ4n) is 2.88. The van der Waals surface area contributed by atoms with Crippen molar-refractivity contribution in [2.45, 2.75) is 19.9 Å². The van der Waals surface area contributed by atoms with E-state index >= 15 is 0 Å². The minimum absolute atomic E-state index is 0.104. The predicted molar refractivity (Wildman–Crippen MR) is 106 cm³/mol. The van der Waals surface area contributed by atoms with Crippen LogP contribution in [0.15, 0.2) is 48.5 Å². The Morgan fingerprint density at radius 3 is 2.35 bits per heavy atom. The predicted octanol–water partition coefficient (Wildman–Crippen LogP) is 3.80. The van der Waals surface area contributed by atoms with Gasteiger partial charge < -0.3 is 25.6 Å². The van der Waals surface area contributed by atoms with E-state index in [2.05, 4.69) is 39.0 Å². The first kappa shape index (κ1) is 18.1. The number of anilines is 4. The van der Waals surface area contributed by atoms with E-state index in [-0.39, 0.29) is 12.1 Å². The number of nitrogens with zero attached hydrogens (tertiary/aromatic N) is 1. The highest BCUT2D eigenvalue weighted by molar-refractivity contribution is 5.89. The average molecular weight is 354 g/mol. The summed E-state index contributed by atoms with van der Waals surface area (Å²) in [6.07, 6.45) is 0. The van der Waals surface area contributed by atoms with Gasteiger partial charge in [-0.2, -0.15) is 0 Å².